The van der Waals surface area contributed by atoms with Crippen molar-refractivity contribution < 1.29 is 14.3 Å². The van der Waals surface area contributed by atoms with Crippen molar-refractivity contribution in [3.8, 4) is 5.75 Å². The topological polar surface area (TPSA) is 35.5 Å². The number of hydrogen-bond donors (Lipinski definition) is 0. The number of ketones is 1. The van der Waals surface area contributed by atoms with Crippen LogP contribution in [0.5, 0.6) is 5.75 Å². The molecule has 1 rings (SSSR count). The number of rotatable bonds is 6. The molecule has 0 saturated heterocycles. The molecule has 0 N–H and O–H groups in total. The average molecular weight is 236 g/mol. The van der Waals surface area contributed by atoms with Crippen LogP contribution in [-0.2, 0) is 9.53 Å². The fourth-order valence-corrected chi connectivity index (χ4v) is 1.56. The highest BCUT2D eigenvalue weighted by Gasteiger charge is 2.06. The summed E-state index contributed by atoms with van der Waals surface area (Å²) in [5, 5.41) is 0. The lowest BCUT2D eigenvalue weighted by Crippen LogP contribution is -2.16. The number of hydrogen-bond acceptors (Lipinski definition) is 3. The lowest BCUT2D eigenvalue weighted by Gasteiger charge is -2.11. The van der Waals surface area contributed by atoms with E-state index >= 15 is 0 Å². The predicted molar refractivity (Wildman–Crippen MR) is 67.6 cm³/mol. The molecule has 0 radical (unpaired) electrons. The standard InChI is InChI=1S/C14H20O3/c1-10(2)12-5-11(3)6-14(7-12)17-9-13(15)8-16-4/h5-7,10H,8-9H2,1-4H3. The van der Waals surface area contributed by atoms with Crippen LogP contribution in [0.1, 0.15) is 30.9 Å². The molecule has 94 valence electrons. The van der Waals surface area contributed by atoms with Gasteiger partial charge in [0.1, 0.15) is 19.0 Å². The highest BCUT2D eigenvalue weighted by Crippen LogP contribution is 2.22. The number of Topliss-reactive ketones (excluding diaryl/α,β-unsaturated/α-hetero) is 1. The van der Waals surface area contributed by atoms with Crippen LogP contribution in [0.3, 0.4) is 0 Å². The first kappa shape index (κ1) is 13.7. The molecule has 0 aromatic heterocycles. The minimum absolute atomic E-state index is 0.0555. The normalized spacial score (nSPS) is 10.6. The Balaban J connectivity index is 2.68. The van der Waals surface area contributed by atoms with Crippen LogP contribution in [-0.4, -0.2) is 26.1 Å². The Morgan fingerprint density at radius 1 is 1.24 bits per heavy atom. The van der Waals surface area contributed by atoms with Gasteiger partial charge in [0.25, 0.3) is 0 Å². The Labute approximate surface area is 103 Å². The van der Waals surface area contributed by atoms with Crippen molar-refractivity contribution in [2.45, 2.75) is 26.7 Å². The van der Waals surface area contributed by atoms with Crippen molar-refractivity contribution in [3.05, 3.63) is 29.3 Å². The molecule has 17 heavy (non-hydrogen) atoms. The maximum absolute atomic E-state index is 11.3. The lowest BCUT2D eigenvalue weighted by molar-refractivity contribution is -0.124. The molecule has 0 amide bonds. The van der Waals surface area contributed by atoms with Gasteiger partial charge in [-0.1, -0.05) is 19.9 Å². The van der Waals surface area contributed by atoms with Gasteiger partial charge in [-0.2, -0.15) is 0 Å². The van der Waals surface area contributed by atoms with E-state index in [0.29, 0.717) is 5.92 Å². The van der Waals surface area contributed by atoms with E-state index in [-0.39, 0.29) is 19.0 Å². The molecule has 3 heteroatoms. The number of aryl methyl sites for hydroxylation is 1. The Morgan fingerprint density at radius 3 is 2.53 bits per heavy atom. The second-order valence-corrected chi connectivity index (χ2v) is 4.49. The van der Waals surface area contributed by atoms with Gasteiger partial charge in [-0.25, -0.2) is 0 Å². The van der Waals surface area contributed by atoms with Gasteiger partial charge in [-0.05, 0) is 36.1 Å². The van der Waals surface area contributed by atoms with E-state index in [1.54, 1.807) is 0 Å². The summed E-state index contributed by atoms with van der Waals surface area (Å²) in [5.41, 5.74) is 2.37. The number of carbonyl (C=O) groups is 1. The molecule has 1 aromatic carbocycles. The molecule has 0 unspecified atom stereocenters. The molecule has 0 saturated carbocycles. The van der Waals surface area contributed by atoms with Gasteiger partial charge in [0.2, 0.25) is 0 Å². The quantitative estimate of drug-likeness (QED) is 0.761. The van der Waals surface area contributed by atoms with Crippen molar-refractivity contribution in [3.63, 3.8) is 0 Å². The summed E-state index contributed by atoms with van der Waals surface area (Å²) in [5.74, 6) is 1.14. The first-order valence-electron chi connectivity index (χ1n) is 5.78. The van der Waals surface area contributed by atoms with Crippen LogP contribution >= 0.6 is 0 Å². The van der Waals surface area contributed by atoms with E-state index in [2.05, 4.69) is 19.9 Å². The molecule has 0 spiro atoms. The van der Waals surface area contributed by atoms with E-state index in [4.69, 9.17) is 9.47 Å². The second kappa shape index (κ2) is 6.40. The molecule has 0 fully saturated rings. The summed E-state index contributed by atoms with van der Waals surface area (Å²) in [4.78, 5) is 11.3. The third-order valence-corrected chi connectivity index (χ3v) is 2.45. The molecular weight excluding hydrogens is 216 g/mol. The van der Waals surface area contributed by atoms with Gasteiger partial charge in [0, 0.05) is 7.11 Å². The fourth-order valence-electron chi connectivity index (χ4n) is 1.56. The van der Waals surface area contributed by atoms with Gasteiger partial charge in [0.05, 0.1) is 0 Å². The second-order valence-electron chi connectivity index (χ2n) is 4.49. The largest absolute Gasteiger partial charge is 0.486 e. The minimum Gasteiger partial charge on any atom is -0.486 e. The predicted octanol–water partition coefficient (Wildman–Crippen LogP) is 2.71. The fraction of sp³-hybridized carbons (Fsp3) is 0.500. The molecule has 0 aliphatic heterocycles. The molecule has 0 heterocycles. The van der Waals surface area contributed by atoms with Crippen LogP contribution in [0.25, 0.3) is 0 Å². The van der Waals surface area contributed by atoms with E-state index in [9.17, 15) is 4.79 Å². The summed E-state index contributed by atoms with van der Waals surface area (Å²) >= 11 is 0. The third-order valence-electron chi connectivity index (χ3n) is 2.45. The van der Waals surface area contributed by atoms with E-state index < -0.39 is 0 Å². The Bertz CT molecular complexity index is 383. The highest BCUT2D eigenvalue weighted by atomic mass is 16.5. The molecule has 3 nitrogen and oxygen atoms in total. The molecule has 0 atom stereocenters. The summed E-state index contributed by atoms with van der Waals surface area (Å²) in [6.45, 7) is 6.46. The van der Waals surface area contributed by atoms with E-state index in [1.807, 2.05) is 19.1 Å². The van der Waals surface area contributed by atoms with Crippen molar-refractivity contribution in [2.75, 3.05) is 20.3 Å². The Kier molecular flexibility index (Phi) is 5.16. The number of methoxy groups -OCH3 is 1. The zero-order chi connectivity index (χ0) is 12.8. The zero-order valence-corrected chi connectivity index (χ0v) is 10.9. The number of benzene rings is 1. The average Bonchev–Trinajstić information content (AvgIpc) is 2.26. The monoisotopic (exact) mass is 236 g/mol. The highest BCUT2D eigenvalue weighted by molar-refractivity contribution is 5.81. The smallest absolute Gasteiger partial charge is 0.195 e. The van der Waals surface area contributed by atoms with Crippen LogP contribution in [0, 0.1) is 6.92 Å². The van der Waals surface area contributed by atoms with Crippen molar-refractivity contribution in [1.82, 2.24) is 0 Å². The maximum atomic E-state index is 11.3. The van der Waals surface area contributed by atoms with Crippen LogP contribution in [0.4, 0.5) is 0 Å². The van der Waals surface area contributed by atoms with Crippen molar-refractivity contribution >= 4 is 5.78 Å². The summed E-state index contributed by atoms with van der Waals surface area (Å²) in [7, 11) is 1.50. The lowest BCUT2D eigenvalue weighted by atomic mass is 10.0. The van der Waals surface area contributed by atoms with E-state index in [1.165, 1.54) is 12.7 Å². The van der Waals surface area contributed by atoms with Gasteiger partial charge in [0.15, 0.2) is 5.78 Å². The Hall–Kier alpha value is -1.35. The third kappa shape index (κ3) is 4.57. The SMILES string of the molecule is COCC(=O)COc1cc(C)cc(C(C)C)c1. The Morgan fingerprint density at radius 2 is 1.94 bits per heavy atom. The van der Waals surface area contributed by atoms with Gasteiger partial charge >= 0.3 is 0 Å². The summed E-state index contributed by atoms with van der Waals surface area (Å²) < 4.78 is 10.2. The molecule has 0 aliphatic rings. The number of ether oxygens (including phenoxy) is 2. The first-order valence-corrected chi connectivity index (χ1v) is 5.78. The molecular formula is C14H20O3. The van der Waals surface area contributed by atoms with Crippen molar-refractivity contribution in [2.24, 2.45) is 0 Å². The summed E-state index contributed by atoms with van der Waals surface area (Å²) in [6, 6.07) is 6.05. The van der Waals surface area contributed by atoms with Crippen molar-refractivity contribution in [1.29, 1.82) is 0 Å². The van der Waals surface area contributed by atoms with Gasteiger partial charge in [-0.3, -0.25) is 4.79 Å². The minimum atomic E-state index is -0.0555. The van der Waals surface area contributed by atoms with Gasteiger partial charge < -0.3 is 9.47 Å². The molecule has 0 bridgehead atoms. The van der Waals surface area contributed by atoms with Crippen LogP contribution in [0.2, 0.25) is 0 Å². The number of carbonyl (C=O) groups excluding carboxylic acids is 1. The van der Waals surface area contributed by atoms with Crippen LogP contribution in [0.15, 0.2) is 18.2 Å². The molecule has 0 aliphatic carbocycles. The van der Waals surface area contributed by atoms with E-state index in [0.717, 1.165) is 11.3 Å². The first-order chi connectivity index (χ1) is 8.02. The van der Waals surface area contributed by atoms with Crippen LogP contribution < -0.4 is 4.74 Å². The van der Waals surface area contributed by atoms with Gasteiger partial charge in [-0.15, -0.1) is 0 Å². The zero-order valence-electron chi connectivity index (χ0n) is 10.9. The summed E-state index contributed by atoms with van der Waals surface area (Å²) in [6.07, 6.45) is 0. The molecule has 1 aromatic rings. The maximum Gasteiger partial charge on any atom is 0.195 e.